The van der Waals surface area contributed by atoms with Crippen molar-refractivity contribution in [3.05, 3.63) is 36.2 Å². The van der Waals surface area contributed by atoms with E-state index in [0.717, 1.165) is 5.39 Å². The Kier molecular flexibility index (Phi) is 2.40. The van der Waals surface area contributed by atoms with Crippen molar-refractivity contribution < 1.29 is 8.42 Å². The van der Waals surface area contributed by atoms with Crippen LogP contribution >= 0.6 is 0 Å². The fourth-order valence-electron chi connectivity index (χ4n) is 1.34. The summed E-state index contributed by atoms with van der Waals surface area (Å²) in [6.45, 7) is 0. The third-order valence-corrected chi connectivity index (χ3v) is 2.75. The van der Waals surface area contributed by atoms with E-state index in [1.54, 1.807) is 12.3 Å². The van der Waals surface area contributed by atoms with E-state index in [4.69, 9.17) is 0 Å². The second-order valence-electron chi connectivity index (χ2n) is 3.42. The number of pyridine rings is 2. The molecule has 4 nitrogen and oxygen atoms in total. The van der Waals surface area contributed by atoms with E-state index < -0.39 is 9.84 Å². The van der Waals surface area contributed by atoms with Crippen molar-refractivity contribution in [3.63, 3.8) is 0 Å². The van der Waals surface area contributed by atoms with Crippen molar-refractivity contribution in [1.29, 1.82) is 0 Å². The Balaban J connectivity index is 2.48. The standard InChI is InChI=1S/C10H10N2O2S/c1-15(13,14)7-9-5-4-8-3-2-6-11-10(8)12-9/h2-6H,7H2,1H3. The lowest BCUT2D eigenvalue weighted by molar-refractivity contribution is 0.600. The zero-order chi connectivity index (χ0) is 10.9. The smallest absolute Gasteiger partial charge is 0.159 e. The van der Waals surface area contributed by atoms with E-state index in [-0.39, 0.29) is 5.75 Å². The number of hydrogen-bond donors (Lipinski definition) is 0. The highest BCUT2D eigenvalue weighted by Crippen LogP contribution is 2.10. The van der Waals surface area contributed by atoms with Crippen LogP contribution < -0.4 is 0 Å². The minimum Gasteiger partial charge on any atom is -0.237 e. The Morgan fingerprint density at radius 2 is 2.07 bits per heavy atom. The van der Waals surface area contributed by atoms with Gasteiger partial charge in [0.1, 0.15) is 0 Å². The molecular weight excluding hydrogens is 212 g/mol. The first-order valence-electron chi connectivity index (χ1n) is 4.43. The lowest BCUT2D eigenvalue weighted by Gasteiger charge is -2.00. The highest BCUT2D eigenvalue weighted by Gasteiger charge is 2.06. The summed E-state index contributed by atoms with van der Waals surface area (Å²) in [5.41, 5.74) is 1.11. The van der Waals surface area contributed by atoms with E-state index in [1.807, 2.05) is 18.2 Å². The van der Waals surface area contributed by atoms with Crippen molar-refractivity contribution in [1.82, 2.24) is 9.97 Å². The average molecular weight is 222 g/mol. The number of rotatable bonds is 2. The van der Waals surface area contributed by atoms with E-state index in [2.05, 4.69) is 9.97 Å². The lowest BCUT2D eigenvalue weighted by atomic mass is 10.3. The maximum atomic E-state index is 11.1. The maximum Gasteiger partial charge on any atom is 0.159 e. The maximum absolute atomic E-state index is 11.1. The van der Waals surface area contributed by atoms with Gasteiger partial charge < -0.3 is 0 Å². The number of nitrogens with zero attached hydrogens (tertiary/aromatic N) is 2. The Bertz CT molecular complexity index is 593. The van der Waals surface area contributed by atoms with E-state index in [9.17, 15) is 8.42 Å². The number of fused-ring (bicyclic) bond motifs is 1. The van der Waals surface area contributed by atoms with Crippen LogP contribution in [-0.2, 0) is 15.6 Å². The second-order valence-corrected chi connectivity index (χ2v) is 5.56. The molecule has 0 N–H and O–H groups in total. The molecule has 0 aromatic carbocycles. The second kappa shape index (κ2) is 3.58. The summed E-state index contributed by atoms with van der Waals surface area (Å²) in [7, 11) is -3.04. The van der Waals surface area contributed by atoms with Gasteiger partial charge in [-0.2, -0.15) is 0 Å². The van der Waals surface area contributed by atoms with Crippen LogP contribution in [0.5, 0.6) is 0 Å². The first-order chi connectivity index (χ1) is 7.04. The molecule has 2 rings (SSSR count). The molecule has 15 heavy (non-hydrogen) atoms. The molecule has 0 fully saturated rings. The molecule has 0 radical (unpaired) electrons. The third-order valence-electron chi connectivity index (χ3n) is 1.93. The van der Waals surface area contributed by atoms with Crippen LogP contribution in [0.3, 0.4) is 0 Å². The fraction of sp³-hybridized carbons (Fsp3) is 0.200. The summed E-state index contributed by atoms with van der Waals surface area (Å²) in [6, 6.07) is 7.25. The molecule has 0 atom stereocenters. The van der Waals surface area contributed by atoms with Crippen molar-refractivity contribution in [2.45, 2.75) is 5.75 Å². The van der Waals surface area contributed by atoms with Gasteiger partial charge in [0.15, 0.2) is 15.5 Å². The van der Waals surface area contributed by atoms with E-state index in [0.29, 0.717) is 11.3 Å². The summed E-state index contributed by atoms with van der Waals surface area (Å²) < 4.78 is 22.2. The predicted molar refractivity (Wildman–Crippen MR) is 58.1 cm³/mol. The molecule has 5 heteroatoms. The number of sulfone groups is 1. The van der Waals surface area contributed by atoms with Gasteiger partial charge in [-0.25, -0.2) is 18.4 Å². The molecule has 0 saturated carbocycles. The topological polar surface area (TPSA) is 59.9 Å². The van der Waals surface area contributed by atoms with Crippen LogP contribution in [0.25, 0.3) is 11.0 Å². The van der Waals surface area contributed by atoms with Crippen LogP contribution in [0, 0.1) is 0 Å². The fourth-order valence-corrected chi connectivity index (χ4v) is 2.04. The van der Waals surface area contributed by atoms with Gasteiger partial charge in [-0.05, 0) is 24.3 Å². The van der Waals surface area contributed by atoms with Crippen LogP contribution in [0.2, 0.25) is 0 Å². The highest BCUT2D eigenvalue weighted by atomic mass is 32.2. The van der Waals surface area contributed by atoms with Crippen LogP contribution in [-0.4, -0.2) is 24.6 Å². The molecule has 0 spiro atoms. The van der Waals surface area contributed by atoms with Gasteiger partial charge in [-0.15, -0.1) is 0 Å². The van der Waals surface area contributed by atoms with Gasteiger partial charge in [-0.1, -0.05) is 0 Å². The van der Waals surface area contributed by atoms with Gasteiger partial charge >= 0.3 is 0 Å². The van der Waals surface area contributed by atoms with Crippen molar-refractivity contribution in [2.24, 2.45) is 0 Å². The molecule has 2 aromatic heterocycles. The Labute approximate surface area is 87.9 Å². The Morgan fingerprint density at radius 3 is 2.80 bits per heavy atom. The minimum atomic E-state index is -3.04. The van der Waals surface area contributed by atoms with Crippen molar-refractivity contribution in [3.8, 4) is 0 Å². The predicted octanol–water partition coefficient (Wildman–Crippen LogP) is 1.17. The molecule has 0 unspecified atom stereocenters. The van der Waals surface area contributed by atoms with Crippen LogP contribution in [0.1, 0.15) is 5.69 Å². The summed E-state index contributed by atoms with van der Waals surface area (Å²) in [4.78, 5) is 8.24. The van der Waals surface area contributed by atoms with Crippen LogP contribution in [0.4, 0.5) is 0 Å². The Morgan fingerprint density at radius 1 is 1.27 bits per heavy atom. The quantitative estimate of drug-likeness (QED) is 0.765. The van der Waals surface area contributed by atoms with E-state index >= 15 is 0 Å². The molecule has 0 aliphatic carbocycles. The molecule has 2 aromatic rings. The molecule has 2 heterocycles. The first-order valence-corrected chi connectivity index (χ1v) is 6.49. The lowest BCUT2D eigenvalue weighted by Crippen LogP contribution is -2.02. The van der Waals surface area contributed by atoms with Crippen molar-refractivity contribution in [2.75, 3.05) is 6.26 Å². The number of hydrogen-bond acceptors (Lipinski definition) is 4. The molecule has 0 aliphatic heterocycles. The molecule has 0 saturated heterocycles. The van der Waals surface area contributed by atoms with Gasteiger partial charge in [0.05, 0.1) is 11.4 Å². The molecular formula is C10H10N2O2S. The summed E-state index contributed by atoms with van der Waals surface area (Å²) in [5.74, 6) is -0.0421. The summed E-state index contributed by atoms with van der Waals surface area (Å²) in [5, 5.41) is 0.912. The minimum absolute atomic E-state index is 0.0421. The SMILES string of the molecule is CS(=O)(=O)Cc1ccc2cccnc2n1. The zero-order valence-corrected chi connectivity index (χ0v) is 9.03. The van der Waals surface area contributed by atoms with Crippen LogP contribution in [0.15, 0.2) is 30.5 Å². The number of aromatic nitrogens is 2. The van der Waals surface area contributed by atoms with Gasteiger partial charge in [0.25, 0.3) is 0 Å². The summed E-state index contributed by atoms with van der Waals surface area (Å²) in [6.07, 6.45) is 2.83. The highest BCUT2D eigenvalue weighted by molar-refractivity contribution is 7.89. The first kappa shape index (κ1) is 10.0. The van der Waals surface area contributed by atoms with Gasteiger partial charge in [-0.3, -0.25) is 0 Å². The monoisotopic (exact) mass is 222 g/mol. The molecule has 0 amide bonds. The Hall–Kier alpha value is -1.49. The molecule has 78 valence electrons. The molecule has 0 bridgehead atoms. The van der Waals surface area contributed by atoms with Crippen molar-refractivity contribution >= 4 is 20.9 Å². The summed E-state index contributed by atoms with van der Waals surface area (Å²) >= 11 is 0. The molecule has 0 aliphatic rings. The van der Waals surface area contributed by atoms with E-state index in [1.165, 1.54) is 6.26 Å². The average Bonchev–Trinajstić information content (AvgIpc) is 2.15. The van der Waals surface area contributed by atoms with Gasteiger partial charge in [0, 0.05) is 17.8 Å². The largest absolute Gasteiger partial charge is 0.237 e. The zero-order valence-electron chi connectivity index (χ0n) is 8.21. The van der Waals surface area contributed by atoms with Gasteiger partial charge in [0.2, 0.25) is 0 Å². The normalized spacial score (nSPS) is 11.8. The third kappa shape index (κ3) is 2.50.